The fourth-order valence-corrected chi connectivity index (χ4v) is 3.06. The van der Waals surface area contributed by atoms with Gasteiger partial charge in [0.25, 0.3) is 0 Å². The third-order valence-electron chi connectivity index (χ3n) is 4.33. The molecule has 0 unspecified atom stereocenters. The van der Waals surface area contributed by atoms with Crippen LogP contribution in [0, 0.1) is 24.2 Å². The van der Waals surface area contributed by atoms with Gasteiger partial charge in [-0.15, -0.1) is 0 Å². The summed E-state index contributed by atoms with van der Waals surface area (Å²) >= 11 is 0. The van der Waals surface area contributed by atoms with Crippen molar-refractivity contribution >= 4 is 5.95 Å². The number of hydrogen-bond donors (Lipinski definition) is 1. The van der Waals surface area contributed by atoms with Crippen LogP contribution in [0.1, 0.15) is 43.4 Å². The number of nitrogens with zero attached hydrogens (tertiary/aromatic N) is 3. The zero-order chi connectivity index (χ0) is 16.8. The first-order chi connectivity index (χ1) is 11.7. The number of aromatic nitrogens is 2. The van der Waals surface area contributed by atoms with Gasteiger partial charge in [0.1, 0.15) is 11.8 Å². The number of anilines is 1. The number of nitrogens with one attached hydrogen (secondary N) is 1. The number of aryl methyl sites for hydroxylation is 1. The van der Waals surface area contributed by atoms with Crippen LogP contribution >= 0.6 is 0 Å². The summed E-state index contributed by atoms with van der Waals surface area (Å²) in [5.74, 6) is 2.25. The molecule has 124 valence electrons. The number of hydrogen-bond acceptors (Lipinski definition) is 5. The molecule has 24 heavy (non-hydrogen) atoms. The van der Waals surface area contributed by atoms with Crippen LogP contribution in [0.3, 0.4) is 0 Å². The first kappa shape index (κ1) is 16.3. The van der Waals surface area contributed by atoms with E-state index in [-0.39, 0.29) is 0 Å². The number of benzene rings is 1. The Balaban J connectivity index is 1.70. The molecule has 0 atom stereocenters. The predicted molar refractivity (Wildman–Crippen MR) is 93.1 cm³/mol. The van der Waals surface area contributed by atoms with Crippen LogP contribution in [-0.4, -0.2) is 16.5 Å². The van der Waals surface area contributed by atoms with Gasteiger partial charge in [0, 0.05) is 18.3 Å². The molecular formula is C19H22N4O. The third-order valence-corrected chi connectivity index (χ3v) is 4.33. The smallest absolute Gasteiger partial charge is 0.226 e. The molecule has 1 fully saturated rings. The molecule has 0 spiro atoms. The zero-order valence-corrected chi connectivity index (χ0v) is 14.0. The van der Waals surface area contributed by atoms with Crippen LogP contribution in [0.4, 0.5) is 5.95 Å². The summed E-state index contributed by atoms with van der Waals surface area (Å²) in [6.07, 6.45) is 6.55. The van der Waals surface area contributed by atoms with E-state index in [4.69, 9.17) is 10.00 Å². The standard InChI is InChI=1S/C19H22N4O/c1-14-11-18(24-17-10-6-5-9-16(17)12-20)23-19(22-14)21-13-15-7-3-2-4-8-15/h5-6,9-11,15H,2-4,7-8,13H2,1H3,(H,21,22,23). The van der Waals surface area contributed by atoms with Crippen molar-refractivity contribution in [3.05, 3.63) is 41.6 Å². The normalized spacial score (nSPS) is 14.8. The average molecular weight is 322 g/mol. The number of rotatable bonds is 5. The van der Waals surface area contributed by atoms with Crippen LogP contribution < -0.4 is 10.1 Å². The lowest BCUT2D eigenvalue weighted by Crippen LogP contribution is -2.18. The van der Waals surface area contributed by atoms with E-state index in [1.807, 2.05) is 19.1 Å². The maximum Gasteiger partial charge on any atom is 0.226 e. The highest BCUT2D eigenvalue weighted by Gasteiger charge is 2.14. The van der Waals surface area contributed by atoms with E-state index in [0.717, 1.165) is 12.2 Å². The lowest BCUT2D eigenvalue weighted by atomic mass is 9.89. The predicted octanol–water partition coefficient (Wildman–Crippen LogP) is 4.44. The van der Waals surface area contributed by atoms with Crippen molar-refractivity contribution in [2.45, 2.75) is 39.0 Å². The summed E-state index contributed by atoms with van der Waals surface area (Å²) in [5.41, 5.74) is 1.33. The lowest BCUT2D eigenvalue weighted by molar-refractivity contribution is 0.372. The van der Waals surface area contributed by atoms with Gasteiger partial charge in [0.05, 0.1) is 5.56 Å². The number of ether oxygens (including phenoxy) is 1. The molecule has 1 aromatic heterocycles. The highest BCUT2D eigenvalue weighted by molar-refractivity contribution is 5.44. The largest absolute Gasteiger partial charge is 0.437 e. The maximum absolute atomic E-state index is 9.16. The van der Waals surface area contributed by atoms with Gasteiger partial charge in [-0.2, -0.15) is 10.2 Å². The highest BCUT2D eigenvalue weighted by atomic mass is 16.5. The molecule has 1 saturated carbocycles. The van der Waals surface area contributed by atoms with Gasteiger partial charge in [-0.25, -0.2) is 4.98 Å². The van der Waals surface area contributed by atoms with Crippen LogP contribution in [0.2, 0.25) is 0 Å². The molecule has 0 aliphatic heterocycles. The summed E-state index contributed by atoms with van der Waals surface area (Å²) < 4.78 is 5.80. The van der Waals surface area contributed by atoms with Crippen molar-refractivity contribution in [3.8, 4) is 17.7 Å². The minimum atomic E-state index is 0.455. The number of nitriles is 1. The zero-order valence-electron chi connectivity index (χ0n) is 14.0. The van der Waals surface area contributed by atoms with Crippen molar-refractivity contribution in [3.63, 3.8) is 0 Å². The Labute approximate surface area is 142 Å². The van der Waals surface area contributed by atoms with Gasteiger partial charge >= 0.3 is 0 Å². The molecule has 5 nitrogen and oxygen atoms in total. The minimum Gasteiger partial charge on any atom is -0.437 e. The maximum atomic E-state index is 9.16. The molecule has 1 aliphatic carbocycles. The summed E-state index contributed by atoms with van der Waals surface area (Å²) in [7, 11) is 0. The van der Waals surface area contributed by atoms with Crippen molar-refractivity contribution in [1.82, 2.24) is 9.97 Å². The number of para-hydroxylation sites is 1. The van der Waals surface area contributed by atoms with E-state index < -0.39 is 0 Å². The highest BCUT2D eigenvalue weighted by Crippen LogP contribution is 2.26. The summed E-state index contributed by atoms with van der Waals surface area (Å²) in [4.78, 5) is 8.87. The molecule has 1 aliphatic rings. The van der Waals surface area contributed by atoms with Gasteiger partial charge in [-0.3, -0.25) is 0 Å². The third kappa shape index (κ3) is 4.23. The average Bonchev–Trinajstić information content (AvgIpc) is 2.61. The summed E-state index contributed by atoms with van der Waals surface area (Å²) in [6.45, 7) is 2.81. The lowest BCUT2D eigenvalue weighted by Gasteiger charge is -2.21. The first-order valence-corrected chi connectivity index (χ1v) is 8.51. The van der Waals surface area contributed by atoms with E-state index in [2.05, 4.69) is 21.4 Å². The molecule has 0 radical (unpaired) electrons. The van der Waals surface area contributed by atoms with Crippen molar-refractivity contribution in [1.29, 1.82) is 5.26 Å². The topological polar surface area (TPSA) is 70.8 Å². The van der Waals surface area contributed by atoms with Gasteiger partial charge in [0.2, 0.25) is 11.8 Å². The SMILES string of the molecule is Cc1cc(Oc2ccccc2C#N)nc(NCC2CCCCC2)n1. The Morgan fingerprint density at radius 3 is 2.79 bits per heavy atom. The Morgan fingerprint density at radius 1 is 1.21 bits per heavy atom. The van der Waals surface area contributed by atoms with Crippen LogP contribution in [0.25, 0.3) is 0 Å². The summed E-state index contributed by atoms with van der Waals surface area (Å²) in [5, 5.41) is 12.5. The molecule has 3 rings (SSSR count). The fraction of sp³-hybridized carbons (Fsp3) is 0.421. The first-order valence-electron chi connectivity index (χ1n) is 8.51. The van der Waals surface area contributed by atoms with Crippen LogP contribution in [0.15, 0.2) is 30.3 Å². The second kappa shape index (κ2) is 7.78. The molecule has 5 heteroatoms. The molecular weight excluding hydrogens is 300 g/mol. The van der Waals surface area contributed by atoms with E-state index in [1.165, 1.54) is 32.1 Å². The molecule has 1 aromatic carbocycles. The van der Waals surface area contributed by atoms with Crippen LogP contribution in [-0.2, 0) is 0 Å². The molecule has 0 bridgehead atoms. The van der Waals surface area contributed by atoms with Gasteiger partial charge in [0.15, 0.2) is 0 Å². The van der Waals surface area contributed by atoms with Crippen molar-refractivity contribution in [2.75, 3.05) is 11.9 Å². The van der Waals surface area contributed by atoms with E-state index >= 15 is 0 Å². The van der Waals surface area contributed by atoms with Gasteiger partial charge < -0.3 is 10.1 Å². The Bertz CT molecular complexity index is 732. The van der Waals surface area contributed by atoms with E-state index in [0.29, 0.717) is 29.1 Å². The fourth-order valence-electron chi connectivity index (χ4n) is 3.06. The van der Waals surface area contributed by atoms with Gasteiger partial charge in [-0.05, 0) is 37.8 Å². The molecule has 1 heterocycles. The molecule has 1 N–H and O–H groups in total. The monoisotopic (exact) mass is 322 g/mol. The Morgan fingerprint density at radius 2 is 2.00 bits per heavy atom. The molecule has 0 saturated heterocycles. The quantitative estimate of drug-likeness (QED) is 0.881. The molecule has 2 aromatic rings. The Kier molecular flexibility index (Phi) is 5.27. The second-order valence-corrected chi connectivity index (χ2v) is 6.27. The molecule has 0 amide bonds. The Hall–Kier alpha value is -2.61. The van der Waals surface area contributed by atoms with Gasteiger partial charge in [-0.1, -0.05) is 31.4 Å². The second-order valence-electron chi connectivity index (χ2n) is 6.27. The summed E-state index contributed by atoms with van der Waals surface area (Å²) in [6, 6.07) is 11.1. The minimum absolute atomic E-state index is 0.455. The van der Waals surface area contributed by atoms with E-state index in [9.17, 15) is 0 Å². The van der Waals surface area contributed by atoms with Crippen LogP contribution in [0.5, 0.6) is 11.6 Å². The van der Waals surface area contributed by atoms with Crippen molar-refractivity contribution < 1.29 is 4.74 Å². The van der Waals surface area contributed by atoms with Crippen molar-refractivity contribution in [2.24, 2.45) is 5.92 Å². The van der Waals surface area contributed by atoms with E-state index in [1.54, 1.807) is 18.2 Å².